The largest absolute Gasteiger partial charge is 0.449 e. The number of amides is 2. The number of nitrogens with one attached hydrogen (secondary N) is 1. The molecule has 2 aromatic carbocycles. The van der Waals surface area contributed by atoms with Crippen LogP contribution in [0.1, 0.15) is 61.0 Å². The Morgan fingerprint density at radius 1 is 1.07 bits per heavy atom. The second-order valence-electron chi connectivity index (χ2n) is 7.90. The smallest absolute Gasteiger partial charge is 0.341 e. The van der Waals surface area contributed by atoms with E-state index in [1.165, 1.54) is 0 Å². The van der Waals surface area contributed by atoms with Gasteiger partial charge in [0.15, 0.2) is 6.10 Å². The van der Waals surface area contributed by atoms with Gasteiger partial charge in [-0.05, 0) is 49.4 Å². The standard InChI is InChI=1S/C24H28N2O4/c1-15(2)18-11-7-9-16(3)22(18)25-23(28)17(4)30-24(29)19-10-5-6-12-20(19)26-14-8-13-21(26)27/h5-7,9-12,15,17H,8,13-14H2,1-4H3,(H,25,28)/t17-/m1/s1. The molecule has 1 saturated heterocycles. The first-order valence-electron chi connectivity index (χ1n) is 10.3. The highest BCUT2D eigenvalue weighted by Gasteiger charge is 2.28. The molecule has 1 aliphatic heterocycles. The summed E-state index contributed by atoms with van der Waals surface area (Å²) in [6.07, 6.45) is 0.242. The fraction of sp³-hybridized carbons (Fsp3) is 0.375. The first-order valence-corrected chi connectivity index (χ1v) is 10.3. The lowest BCUT2D eigenvalue weighted by Crippen LogP contribution is -2.32. The van der Waals surface area contributed by atoms with Gasteiger partial charge < -0.3 is 15.0 Å². The van der Waals surface area contributed by atoms with Crippen LogP contribution in [0, 0.1) is 6.92 Å². The van der Waals surface area contributed by atoms with E-state index in [-0.39, 0.29) is 17.4 Å². The number of ether oxygens (including phenoxy) is 1. The minimum atomic E-state index is -0.987. The van der Waals surface area contributed by atoms with Crippen LogP contribution in [-0.2, 0) is 14.3 Å². The van der Waals surface area contributed by atoms with Gasteiger partial charge in [-0.15, -0.1) is 0 Å². The molecule has 3 rings (SSSR count). The third-order valence-corrected chi connectivity index (χ3v) is 5.32. The first-order chi connectivity index (χ1) is 14.3. The zero-order valence-electron chi connectivity index (χ0n) is 17.9. The number of carbonyl (C=O) groups is 3. The van der Waals surface area contributed by atoms with Crippen molar-refractivity contribution < 1.29 is 19.1 Å². The van der Waals surface area contributed by atoms with E-state index in [0.717, 1.165) is 23.2 Å². The van der Waals surface area contributed by atoms with Crippen molar-refractivity contribution in [2.45, 2.75) is 52.6 Å². The molecule has 6 nitrogen and oxygen atoms in total. The summed E-state index contributed by atoms with van der Waals surface area (Å²) in [7, 11) is 0. The van der Waals surface area contributed by atoms with Crippen molar-refractivity contribution in [1.29, 1.82) is 0 Å². The molecule has 0 saturated carbocycles. The summed E-state index contributed by atoms with van der Waals surface area (Å²) < 4.78 is 5.46. The average Bonchev–Trinajstić information content (AvgIpc) is 3.14. The quantitative estimate of drug-likeness (QED) is 0.718. The molecule has 6 heteroatoms. The highest BCUT2D eigenvalue weighted by atomic mass is 16.5. The maximum atomic E-state index is 12.8. The van der Waals surface area contributed by atoms with E-state index >= 15 is 0 Å². The zero-order valence-corrected chi connectivity index (χ0v) is 17.9. The molecule has 1 heterocycles. The molecule has 158 valence electrons. The third kappa shape index (κ3) is 4.53. The van der Waals surface area contributed by atoms with Gasteiger partial charge in [0.2, 0.25) is 5.91 Å². The fourth-order valence-electron chi connectivity index (χ4n) is 3.63. The Balaban J connectivity index is 1.74. The van der Waals surface area contributed by atoms with Crippen molar-refractivity contribution >= 4 is 29.2 Å². The highest BCUT2D eigenvalue weighted by molar-refractivity contribution is 6.04. The fourth-order valence-corrected chi connectivity index (χ4v) is 3.63. The van der Waals surface area contributed by atoms with Gasteiger partial charge >= 0.3 is 5.97 Å². The number of para-hydroxylation sites is 2. The number of hydrogen-bond donors (Lipinski definition) is 1. The topological polar surface area (TPSA) is 75.7 Å². The molecule has 0 aliphatic carbocycles. The Morgan fingerprint density at radius 3 is 2.47 bits per heavy atom. The number of anilines is 2. The Labute approximate surface area is 177 Å². The predicted molar refractivity (Wildman–Crippen MR) is 117 cm³/mol. The number of esters is 1. The molecule has 30 heavy (non-hydrogen) atoms. The third-order valence-electron chi connectivity index (χ3n) is 5.32. The number of aryl methyl sites for hydroxylation is 1. The average molecular weight is 408 g/mol. The summed E-state index contributed by atoms with van der Waals surface area (Å²) in [5.41, 5.74) is 3.54. The van der Waals surface area contributed by atoms with Crippen molar-refractivity contribution in [3.05, 3.63) is 59.2 Å². The summed E-state index contributed by atoms with van der Waals surface area (Å²) in [6, 6.07) is 12.7. The van der Waals surface area contributed by atoms with Gasteiger partial charge in [-0.2, -0.15) is 0 Å². The van der Waals surface area contributed by atoms with E-state index in [1.54, 1.807) is 36.1 Å². The van der Waals surface area contributed by atoms with E-state index in [1.807, 2.05) is 25.1 Å². The molecule has 2 amide bonds. The zero-order chi connectivity index (χ0) is 21.8. The molecule has 1 atom stereocenters. The monoisotopic (exact) mass is 408 g/mol. The van der Waals surface area contributed by atoms with E-state index in [9.17, 15) is 14.4 Å². The van der Waals surface area contributed by atoms with Gasteiger partial charge in [0.25, 0.3) is 5.91 Å². The highest BCUT2D eigenvalue weighted by Crippen LogP contribution is 2.28. The minimum absolute atomic E-state index is 0.0122. The first kappa shape index (κ1) is 21.6. The molecule has 1 fully saturated rings. The normalized spacial score (nSPS) is 14.7. The molecule has 0 bridgehead atoms. The summed E-state index contributed by atoms with van der Waals surface area (Å²) in [5, 5.41) is 2.91. The predicted octanol–water partition coefficient (Wildman–Crippen LogP) is 4.43. The minimum Gasteiger partial charge on any atom is -0.449 e. The van der Waals surface area contributed by atoms with Crippen molar-refractivity contribution in [3.8, 4) is 0 Å². The van der Waals surface area contributed by atoms with Gasteiger partial charge in [-0.3, -0.25) is 9.59 Å². The van der Waals surface area contributed by atoms with Crippen LogP contribution in [0.4, 0.5) is 11.4 Å². The second-order valence-corrected chi connectivity index (χ2v) is 7.90. The number of nitrogens with zero attached hydrogens (tertiary/aromatic N) is 1. The van der Waals surface area contributed by atoms with Crippen LogP contribution < -0.4 is 10.2 Å². The van der Waals surface area contributed by atoms with Crippen molar-refractivity contribution in [2.75, 3.05) is 16.8 Å². The van der Waals surface area contributed by atoms with Crippen molar-refractivity contribution in [1.82, 2.24) is 0 Å². The second kappa shape index (κ2) is 9.11. The summed E-state index contributed by atoms with van der Waals surface area (Å²) >= 11 is 0. The summed E-state index contributed by atoms with van der Waals surface area (Å²) in [6.45, 7) is 8.17. The molecule has 0 unspecified atom stereocenters. The Kier molecular flexibility index (Phi) is 6.55. The van der Waals surface area contributed by atoms with Crippen LogP contribution in [0.25, 0.3) is 0 Å². The van der Waals surface area contributed by atoms with Crippen LogP contribution in [0.15, 0.2) is 42.5 Å². The lowest BCUT2D eigenvalue weighted by atomic mass is 9.98. The number of benzene rings is 2. The maximum Gasteiger partial charge on any atom is 0.341 e. The Bertz CT molecular complexity index is 967. The molecule has 0 aromatic heterocycles. The maximum absolute atomic E-state index is 12.8. The van der Waals surface area contributed by atoms with Gasteiger partial charge in [0.1, 0.15) is 0 Å². The van der Waals surface area contributed by atoms with E-state index < -0.39 is 18.0 Å². The lowest BCUT2D eigenvalue weighted by Gasteiger charge is -2.21. The van der Waals surface area contributed by atoms with Crippen LogP contribution in [0.3, 0.4) is 0 Å². The van der Waals surface area contributed by atoms with Crippen molar-refractivity contribution in [3.63, 3.8) is 0 Å². The van der Waals surface area contributed by atoms with Gasteiger partial charge in [0, 0.05) is 18.7 Å². The van der Waals surface area contributed by atoms with E-state index in [0.29, 0.717) is 18.7 Å². The molecular formula is C24H28N2O4. The van der Waals surface area contributed by atoms with Gasteiger partial charge in [0.05, 0.1) is 11.3 Å². The Morgan fingerprint density at radius 2 is 1.80 bits per heavy atom. The van der Waals surface area contributed by atoms with E-state index in [4.69, 9.17) is 4.74 Å². The van der Waals surface area contributed by atoms with Gasteiger partial charge in [-0.1, -0.05) is 44.2 Å². The molecule has 1 aliphatic rings. The lowest BCUT2D eigenvalue weighted by molar-refractivity contribution is -0.123. The Hall–Kier alpha value is -3.15. The summed E-state index contributed by atoms with van der Waals surface area (Å²) in [5.74, 6) is -0.791. The molecule has 0 spiro atoms. The van der Waals surface area contributed by atoms with Crippen molar-refractivity contribution in [2.24, 2.45) is 0 Å². The van der Waals surface area contributed by atoms with Crippen LogP contribution in [0.5, 0.6) is 0 Å². The van der Waals surface area contributed by atoms with Gasteiger partial charge in [-0.25, -0.2) is 4.79 Å². The molecule has 1 N–H and O–H groups in total. The SMILES string of the molecule is Cc1cccc(C(C)C)c1NC(=O)[C@@H](C)OC(=O)c1ccccc1N1CCCC1=O. The summed E-state index contributed by atoms with van der Waals surface area (Å²) in [4.78, 5) is 39.3. The van der Waals surface area contributed by atoms with Crippen LogP contribution >= 0.6 is 0 Å². The molecular weight excluding hydrogens is 380 g/mol. The van der Waals surface area contributed by atoms with Crippen LogP contribution in [-0.4, -0.2) is 30.4 Å². The number of hydrogen-bond acceptors (Lipinski definition) is 4. The molecule has 0 radical (unpaired) electrons. The number of carbonyl (C=O) groups excluding carboxylic acids is 3. The number of rotatable bonds is 6. The van der Waals surface area contributed by atoms with Crippen LogP contribution in [0.2, 0.25) is 0 Å². The van der Waals surface area contributed by atoms with E-state index in [2.05, 4.69) is 19.2 Å². The molecule has 2 aromatic rings.